The van der Waals surface area contributed by atoms with Gasteiger partial charge < -0.3 is 10.2 Å². The molecule has 1 N–H and O–H groups in total. The third-order valence-corrected chi connectivity index (χ3v) is 4.32. The van der Waals surface area contributed by atoms with Gasteiger partial charge in [-0.3, -0.25) is 4.79 Å². The van der Waals surface area contributed by atoms with E-state index in [9.17, 15) is 4.79 Å². The fraction of sp³-hybridized carbons (Fsp3) is 0.588. The average Bonchev–Trinajstić information content (AvgIpc) is 2.97. The van der Waals surface area contributed by atoms with E-state index in [1.807, 2.05) is 6.07 Å². The number of hydrogen-bond donors (Lipinski definition) is 1. The Hall–Kier alpha value is -1.51. The first kappa shape index (κ1) is 14.9. The van der Waals surface area contributed by atoms with Crippen LogP contribution in [0.1, 0.15) is 45.1 Å². The maximum atomic E-state index is 12.2. The van der Waals surface area contributed by atoms with Crippen molar-refractivity contribution in [2.75, 3.05) is 23.3 Å². The maximum absolute atomic E-state index is 12.2. The van der Waals surface area contributed by atoms with Crippen LogP contribution in [0.15, 0.2) is 18.2 Å². The Morgan fingerprint density at radius 2 is 1.90 bits per heavy atom. The number of nitrogens with one attached hydrogen (secondary N) is 1. The maximum Gasteiger partial charge on any atom is 0.227 e. The Balaban J connectivity index is 2.07. The Bertz CT molecular complexity index is 460. The van der Waals surface area contributed by atoms with E-state index >= 15 is 0 Å². The number of amides is 1. The molecule has 3 heteroatoms. The highest BCUT2D eigenvalue weighted by Crippen LogP contribution is 2.28. The van der Waals surface area contributed by atoms with E-state index in [4.69, 9.17) is 0 Å². The van der Waals surface area contributed by atoms with Crippen LogP contribution in [0.25, 0.3) is 0 Å². The fourth-order valence-corrected chi connectivity index (χ4v) is 3.00. The lowest BCUT2D eigenvalue weighted by atomic mass is 10.1. The van der Waals surface area contributed by atoms with Gasteiger partial charge in [0.2, 0.25) is 5.91 Å². The van der Waals surface area contributed by atoms with Crippen molar-refractivity contribution in [3.05, 3.63) is 23.8 Å². The van der Waals surface area contributed by atoms with Crippen LogP contribution in [0.2, 0.25) is 0 Å². The number of nitrogens with zero attached hydrogens (tertiary/aromatic N) is 1. The molecule has 0 unspecified atom stereocenters. The van der Waals surface area contributed by atoms with E-state index < -0.39 is 0 Å². The largest absolute Gasteiger partial charge is 0.372 e. The monoisotopic (exact) mass is 274 g/mol. The summed E-state index contributed by atoms with van der Waals surface area (Å²) in [4.78, 5) is 14.5. The van der Waals surface area contributed by atoms with Crippen molar-refractivity contribution >= 4 is 17.3 Å². The lowest BCUT2D eigenvalue weighted by Crippen LogP contribution is -2.23. The van der Waals surface area contributed by atoms with Gasteiger partial charge in [0.1, 0.15) is 0 Å². The second-order valence-corrected chi connectivity index (χ2v) is 5.64. The first-order valence-electron chi connectivity index (χ1n) is 7.82. The minimum atomic E-state index is 0.196. The second-order valence-electron chi connectivity index (χ2n) is 5.64. The van der Waals surface area contributed by atoms with E-state index in [1.165, 1.54) is 18.5 Å². The molecule has 2 rings (SSSR count). The summed E-state index contributed by atoms with van der Waals surface area (Å²) in [6.45, 7) is 8.40. The molecule has 1 fully saturated rings. The van der Waals surface area contributed by atoms with Gasteiger partial charge in [0.25, 0.3) is 0 Å². The van der Waals surface area contributed by atoms with Gasteiger partial charge in [-0.1, -0.05) is 12.8 Å². The third kappa shape index (κ3) is 3.33. The number of carbonyl (C=O) groups is 1. The van der Waals surface area contributed by atoms with Gasteiger partial charge in [-0.2, -0.15) is 0 Å². The molecule has 20 heavy (non-hydrogen) atoms. The van der Waals surface area contributed by atoms with Crippen molar-refractivity contribution < 1.29 is 4.79 Å². The van der Waals surface area contributed by atoms with Crippen LogP contribution in [0.5, 0.6) is 0 Å². The zero-order valence-electron chi connectivity index (χ0n) is 12.9. The molecule has 0 radical (unpaired) electrons. The van der Waals surface area contributed by atoms with Crippen molar-refractivity contribution in [2.24, 2.45) is 5.92 Å². The SMILES string of the molecule is CCN(CC)c1ccc(NC(=O)C2CCCC2)c(C)c1. The van der Waals surface area contributed by atoms with Crippen LogP contribution in [0.3, 0.4) is 0 Å². The molecule has 3 nitrogen and oxygen atoms in total. The normalized spacial score (nSPS) is 15.3. The molecule has 0 spiro atoms. The predicted molar refractivity (Wildman–Crippen MR) is 85.3 cm³/mol. The van der Waals surface area contributed by atoms with Crippen molar-refractivity contribution in [3.8, 4) is 0 Å². The summed E-state index contributed by atoms with van der Waals surface area (Å²) in [5, 5.41) is 3.10. The number of anilines is 2. The smallest absolute Gasteiger partial charge is 0.227 e. The third-order valence-electron chi connectivity index (χ3n) is 4.32. The molecule has 0 atom stereocenters. The molecule has 1 aliphatic carbocycles. The van der Waals surface area contributed by atoms with Gasteiger partial charge in [-0.25, -0.2) is 0 Å². The number of carbonyl (C=O) groups excluding carboxylic acids is 1. The molecular formula is C17H26N2O. The standard InChI is InChI=1S/C17H26N2O/c1-4-19(5-2)15-10-11-16(13(3)12-15)18-17(20)14-8-6-7-9-14/h10-12,14H,4-9H2,1-3H3,(H,18,20). The lowest BCUT2D eigenvalue weighted by Gasteiger charge is -2.22. The lowest BCUT2D eigenvalue weighted by molar-refractivity contribution is -0.119. The zero-order chi connectivity index (χ0) is 14.5. The van der Waals surface area contributed by atoms with Crippen molar-refractivity contribution in [2.45, 2.75) is 46.5 Å². The molecule has 0 heterocycles. The van der Waals surface area contributed by atoms with E-state index in [-0.39, 0.29) is 11.8 Å². The fourth-order valence-electron chi connectivity index (χ4n) is 3.00. The van der Waals surface area contributed by atoms with Crippen LogP contribution in [0, 0.1) is 12.8 Å². The predicted octanol–water partition coefficient (Wildman–Crippen LogP) is 3.97. The summed E-state index contributed by atoms with van der Waals surface area (Å²) >= 11 is 0. The van der Waals surface area contributed by atoms with Crippen molar-refractivity contribution in [3.63, 3.8) is 0 Å². The van der Waals surface area contributed by atoms with Crippen LogP contribution in [0.4, 0.5) is 11.4 Å². The van der Waals surface area contributed by atoms with E-state index in [1.54, 1.807) is 0 Å². The molecule has 0 aromatic heterocycles. The molecule has 0 bridgehead atoms. The van der Waals surface area contributed by atoms with Gasteiger partial charge in [0.05, 0.1) is 0 Å². The van der Waals surface area contributed by atoms with Gasteiger partial charge in [-0.15, -0.1) is 0 Å². The minimum absolute atomic E-state index is 0.196. The Morgan fingerprint density at radius 3 is 2.45 bits per heavy atom. The number of benzene rings is 1. The topological polar surface area (TPSA) is 32.3 Å². The summed E-state index contributed by atoms with van der Waals surface area (Å²) in [5.41, 5.74) is 3.32. The van der Waals surface area contributed by atoms with Gasteiger partial charge in [0.15, 0.2) is 0 Å². The van der Waals surface area contributed by atoms with Crippen LogP contribution in [-0.4, -0.2) is 19.0 Å². The number of aryl methyl sites for hydroxylation is 1. The molecule has 1 aromatic rings. The zero-order valence-corrected chi connectivity index (χ0v) is 12.9. The summed E-state index contributed by atoms with van der Waals surface area (Å²) in [5.74, 6) is 0.415. The highest BCUT2D eigenvalue weighted by Gasteiger charge is 2.22. The highest BCUT2D eigenvalue weighted by molar-refractivity contribution is 5.93. The first-order valence-corrected chi connectivity index (χ1v) is 7.82. The quantitative estimate of drug-likeness (QED) is 0.881. The van der Waals surface area contributed by atoms with Crippen molar-refractivity contribution in [1.29, 1.82) is 0 Å². The van der Waals surface area contributed by atoms with Gasteiger partial charge in [0, 0.05) is 30.4 Å². The van der Waals surface area contributed by atoms with Crippen LogP contribution >= 0.6 is 0 Å². The van der Waals surface area contributed by atoms with Crippen molar-refractivity contribution in [1.82, 2.24) is 0 Å². The highest BCUT2D eigenvalue weighted by atomic mass is 16.1. The Labute approximate surface area is 122 Å². The molecule has 1 amide bonds. The van der Waals surface area contributed by atoms with Crippen LogP contribution in [-0.2, 0) is 4.79 Å². The van der Waals surface area contributed by atoms with Gasteiger partial charge >= 0.3 is 0 Å². The molecule has 1 aromatic carbocycles. The summed E-state index contributed by atoms with van der Waals surface area (Å²) < 4.78 is 0. The van der Waals surface area contributed by atoms with Gasteiger partial charge in [-0.05, 0) is 57.4 Å². The molecule has 1 aliphatic rings. The molecule has 0 aliphatic heterocycles. The van der Waals surface area contributed by atoms with E-state index in [2.05, 4.69) is 43.1 Å². The van der Waals surface area contributed by atoms with Crippen LogP contribution < -0.4 is 10.2 Å². The summed E-state index contributed by atoms with van der Waals surface area (Å²) in [7, 11) is 0. The number of hydrogen-bond acceptors (Lipinski definition) is 2. The summed E-state index contributed by atoms with van der Waals surface area (Å²) in [6, 6.07) is 6.30. The first-order chi connectivity index (χ1) is 9.65. The molecule has 110 valence electrons. The molecule has 1 saturated carbocycles. The van der Waals surface area contributed by atoms with E-state index in [0.717, 1.165) is 37.2 Å². The minimum Gasteiger partial charge on any atom is -0.372 e. The average molecular weight is 274 g/mol. The Kier molecular flexibility index (Phi) is 5.05. The molecule has 0 saturated heterocycles. The summed E-state index contributed by atoms with van der Waals surface area (Å²) in [6.07, 6.45) is 4.47. The second kappa shape index (κ2) is 6.78. The van der Waals surface area contributed by atoms with E-state index in [0.29, 0.717) is 0 Å². The number of rotatable bonds is 5. The Morgan fingerprint density at radius 1 is 1.25 bits per heavy atom. The molecular weight excluding hydrogens is 248 g/mol.